The molecule has 5 nitrogen and oxygen atoms in total. The van der Waals surface area contributed by atoms with Gasteiger partial charge in [0.1, 0.15) is 5.75 Å². The van der Waals surface area contributed by atoms with Crippen molar-refractivity contribution < 1.29 is 9.53 Å². The number of hydrogen-bond donors (Lipinski definition) is 2. The Labute approximate surface area is 123 Å². The first-order valence-corrected chi connectivity index (χ1v) is 6.73. The number of nitrogen functional groups attached to an aromatic ring is 1. The third kappa shape index (κ3) is 2.63. The molecule has 2 aromatic rings. The second-order valence-corrected chi connectivity index (χ2v) is 4.99. The monoisotopic (exact) mass is 283 g/mol. The quantitative estimate of drug-likeness (QED) is 0.848. The van der Waals surface area contributed by atoms with Crippen LogP contribution in [0.2, 0.25) is 0 Å². The molecule has 0 saturated heterocycles. The van der Waals surface area contributed by atoms with E-state index in [1.54, 1.807) is 13.2 Å². The Morgan fingerprint density at radius 1 is 1.29 bits per heavy atom. The van der Waals surface area contributed by atoms with Gasteiger partial charge in [0.15, 0.2) is 0 Å². The molecule has 3 rings (SSSR count). The summed E-state index contributed by atoms with van der Waals surface area (Å²) in [6, 6.07) is 13.3. The Bertz CT molecular complexity index is 685. The maximum atomic E-state index is 11.8. The first-order valence-electron chi connectivity index (χ1n) is 6.73. The molecule has 1 heterocycles. The molecule has 21 heavy (non-hydrogen) atoms. The van der Waals surface area contributed by atoms with Crippen molar-refractivity contribution in [3.8, 4) is 5.75 Å². The van der Waals surface area contributed by atoms with Gasteiger partial charge in [-0.1, -0.05) is 18.2 Å². The van der Waals surface area contributed by atoms with E-state index >= 15 is 0 Å². The lowest BCUT2D eigenvalue weighted by molar-refractivity contribution is -0.115. The van der Waals surface area contributed by atoms with Crippen molar-refractivity contribution >= 4 is 23.0 Å². The van der Waals surface area contributed by atoms with E-state index in [-0.39, 0.29) is 5.91 Å². The summed E-state index contributed by atoms with van der Waals surface area (Å²) < 4.78 is 5.38. The number of nitrogens with one attached hydrogen (secondary N) is 1. The van der Waals surface area contributed by atoms with E-state index in [4.69, 9.17) is 10.5 Å². The predicted molar refractivity (Wildman–Crippen MR) is 83.5 cm³/mol. The van der Waals surface area contributed by atoms with Crippen LogP contribution in [0.15, 0.2) is 42.5 Å². The number of benzene rings is 2. The number of carbonyl (C=O) groups is 1. The number of anilines is 3. The lowest BCUT2D eigenvalue weighted by Crippen LogP contribution is -2.37. The van der Waals surface area contributed by atoms with E-state index in [0.717, 1.165) is 22.7 Å². The lowest BCUT2D eigenvalue weighted by Gasteiger charge is -2.31. The van der Waals surface area contributed by atoms with Crippen molar-refractivity contribution in [3.63, 3.8) is 0 Å². The second-order valence-electron chi connectivity index (χ2n) is 4.99. The number of carbonyl (C=O) groups excluding carboxylic acids is 1. The van der Waals surface area contributed by atoms with Gasteiger partial charge >= 0.3 is 0 Å². The van der Waals surface area contributed by atoms with Crippen LogP contribution >= 0.6 is 0 Å². The summed E-state index contributed by atoms with van der Waals surface area (Å²) in [6.07, 6.45) is 0. The van der Waals surface area contributed by atoms with Crippen LogP contribution in [0.5, 0.6) is 5.75 Å². The minimum absolute atomic E-state index is 0.0110. The number of rotatable bonds is 3. The zero-order valence-corrected chi connectivity index (χ0v) is 11.8. The standard InChI is InChI=1S/C16H17N3O2/c1-21-15-8-12(17)7-6-11(15)9-19-10-16(20)18-13-4-2-3-5-14(13)19/h2-8H,9-10,17H2,1H3,(H,18,20). The molecule has 1 aliphatic heterocycles. The molecule has 1 aliphatic rings. The Balaban J connectivity index is 1.93. The molecule has 108 valence electrons. The summed E-state index contributed by atoms with van der Waals surface area (Å²) in [5.41, 5.74) is 9.28. The van der Waals surface area contributed by atoms with Crippen LogP contribution in [0.4, 0.5) is 17.1 Å². The van der Waals surface area contributed by atoms with Crippen molar-refractivity contribution in [2.45, 2.75) is 6.54 Å². The van der Waals surface area contributed by atoms with Crippen LogP contribution in [0.25, 0.3) is 0 Å². The fourth-order valence-electron chi connectivity index (χ4n) is 2.54. The van der Waals surface area contributed by atoms with Crippen molar-refractivity contribution in [1.82, 2.24) is 0 Å². The van der Waals surface area contributed by atoms with Gasteiger partial charge in [-0.05, 0) is 18.2 Å². The van der Waals surface area contributed by atoms with E-state index < -0.39 is 0 Å². The summed E-state index contributed by atoms with van der Waals surface area (Å²) in [5, 5.41) is 2.88. The minimum atomic E-state index is -0.0110. The number of amides is 1. The molecule has 0 saturated carbocycles. The van der Waals surface area contributed by atoms with E-state index in [0.29, 0.717) is 18.8 Å². The van der Waals surface area contributed by atoms with Gasteiger partial charge in [-0.25, -0.2) is 0 Å². The van der Waals surface area contributed by atoms with Gasteiger partial charge in [-0.15, -0.1) is 0 Å². The fraction of sp³-hybridized carbons (Fsp3) is 0.188. The molecule has 0 aliphatic carbocycles. The van der Waals surface area contributed by atoms with Crippen LogP contribution in [0.1, 0.15) is 5.56 Å². The van der Waals surface area contributed by atoms with Crippen LogP contribution in [0.3, 0.4) is 0 Å². The van der Waals surface area contributed by atoms with Gasteiger partial charge in [-0.3, -0.25) is 4.79 Å². The predicted octanol–water partition coefficient (Wildman–Crippen LogP) is 2.24. The van der Waals surface area contributed by atoms with Crippen LogP contribution < -0.4 is 20.7 Å². The summed E-state index contributed by atoms with van der Waals surface area (Å²) in [4.78, 5) is 13.9. The number of ether oxygens (including phenoxy) is 1. The summed E-state index contributed by atoms with van der Waals surface area (Å²) in [6.45, 7) is 0.915. The Morgan fingerprint density at radius 2 is 2.10 bits per heavy atom. The topological polar surface area (TPSA) is 67.6 Å². The van der Waals surface area contributed by atoms with Gasteiger partial charge in [0, 0.05) is 23.9 Å². The highest BCUT2D eigenvalue weighted by Gasteiger charge is 2.22. The van der Waals surface area contributed by atoms with Crippen LogP contribution in [-0.4, -0.2) is 19.6 Å². The molecule has 5 heteroatoms. The Hall–Kier alpha value is -2.69. The minimum Gasteiger partial charge on any atom is -0.496 e. The van der Waals surface area contributed by atoms with E-state index in [9.17, 15) is 4.79 Å². The van der Waals surface area contributed by atoms with Crippen LogP contribution in [0, 0.1) is 0 Å². The highest BCUT2D eigenvalue weighted by molar-refractivity contribution is 6.01. The lowest BCUT2D eigenvalue weighted by atomic mass is 10.1. The smallest absolute Gasteiger partial charge is 0.243 e. The van der Waals surface area contributed by atoms with Gasteiger partial charge in [0.05, 0.1) is 25.0 Å². The van der Waals surface area contributed by atoms with E-state index in [1.807, 2.05) is 41.3 Å². The maximum Gasteiger partial charge on any atom is 0.243 e. The molecule has 3 N–H and O–H groups in total. The van der Waals surface area contributed by atoms with Crippen molar-refractivity contribution in [1.29, 1.82) is 0 Å². The Kier molecular flexibility index (Phi) is 3.39. The number of para-hydroxylation sites is 2. The summed E-state index contributed by atoms with van der Waals surface area (Å²) in [7, 11) is 1.62. The molecule has 2 aromatic carbocycles. The normalized spacial score (nSPS) is 13.6. The SMILES string of the molecule is COc1cc(N)ccc1CN1CC(=O)Nc2ccccc21. The zero-order chi connectivity index (χ0) is 14.8. The number of nitrogens with zero attached hydrogens (tertiary/aromatic N) is 1. The average Bonchev–Trinajstić information content (AvgIpc) is 2.48. The summed E-state index contributed by atoms with van der Waals surface area (Å²) >= 11 is 0. The molecule has 0 spiro atoms. The van der Waals surface area contributed by atoms with Gasteiger partial charge < -0.3 is 20.7 Å². The third-order valence-electron chi connectivity index (χ3n) is 3.53. The molecular formula is C16H17N3O2. The molecule has 0 fully saturated rings. The third-order valence-corrected chi connectivity index (χ3v) is 3.53. The van der Waals surface area contributed by atoms with E-state index in [2.05, 4.69) is 5.32 Å². The van der Waals surface area contributed by atoms with E-state index in [1.165, 1.54) is 0 Å². The molecule has 0 radical (unpaired) electrons. The van der Waals surface area contributed by atoms with Gasteiger partial charge in [0.2, 0.25) is 5.91 Å². The highest BCUT2D eigenvalue weighted by atomic mass is 16.5. The number of nitrogens with two attached hydrogens (primary N) is 1. The summed E-state index contributed by atoms with van der Waals surface area (Å²) in [5.74, 6) is 0.724. The first-order chi connectivity index (χ1) is 10.2. The highest BCUT2D eigenvalue weighted by Crippen LogP contribution is 2.32. The zero-order valence-electron chi connectivity index (χ0n) is 11.8. The van der Waals surface area contributed by atoms with Gasteiger partial charge in [-0.2, -0.15) is 0 Å². The van der Waals surface area contributed by atoms with Gasteiger partial charge in [0.25, 0.3) is 0 Å². The molecule has 0 unspecified atom stereocenters. The number of hydrogen-bond acceptors (Lipinski definition) is 4. The Morgan fingerprint density at radius 3 is 2.90 bits per heavy atom. The maximum absolute atomic E-state index is 11.8. The van der Waals surface area contributed by atoms with Crippen molar-refractivity contribution in [2.24, 2.45) is 0 Å². The molecule has 1 amide bonds. The number of methoxy groups -OCH3 is 1. The average molecular weight is 283 g/mol. The molecule has 0 aromatic heterocycles. The largest absolute Gasteiger partial charge is 0.496 e. The second kappa shape index (κ2) is 5.36. The van der Waals surface area contributed by atoms with Crippen molar-refractivity contribution in [3.05, 3.63) is 48.0 Å². The van der Waals surface area contributed by atoms with Crippen molar-refractivity contribution in [2.75, 3.05) is 29.6 Å². The fourth-order valence-corrected chi connectivity index (χ4v) is 2.54. The molecular weight excluding hydrogens is 266 g/mol. The number of fused-ring (bicyclic) bond motifs is 1. The van der Waals surface area contributed by atoms with Crippen LogP contribution in [-0.2, 0) is 11.3 Å². The molecule has 0 bridgehead atoms. The first kappa shape index (κ1) is 13.3. The molecule has 0 atom stereocenters.